The van der Waals surface area contributed by atoms with Crippen LogP contribution in [0, 0.1) is 0 Å². The van der Waals surface area contributed by atoms with Gasteiger partial charge in [-0.15, -0.1) is 0 Å². The van der Waals surface area contributed by atoms with E-state index >= 15 is 0 Å². The minimum atomic E-state index is -0.524. The van der Waals surface area contributed by atoms with Crippen LogP contribution in [0.2, 0.25) is 0 Å². The molecule has 1 aliphatic heterocycles. The summed E-state index contributed by atoms with van der Waals surface area (Å²) in [6.45, 7) is 2.52. The largest absolute Gasteiger partial charge is 0.390 e. The van der Waals surface area contributed by atoms with Crippen molar-refractivity contribution in [2.24, 2.45) is 0 Å². The number of nitrogens with zero attached hydrogens (tertiary/aromatic N) is 1. The molecule has 0 amide bonds. The van der Waals surface area contributed by atoms with Gasteiger partial charge >= 0.3 is 0 Å². The van der Waals surface area contributed by atoms with Crippen LogP contribution in [0.25, 0.3) is 0 Å². The van der Waals surface area contributed by atoms with Crippen LogP contribution in [-0.2, 0) is 0 Å². The van der Waals surface area contributed by atoms with E-state index in [2.05, 4.69) is 4.90 Å². The molecule has 0 unspecified atom stereocenters. The van der Waals surface area contributed by atoms with Gasteiger partial charge in [0.05, 0.1) is 12.2 Å². The molecule has 0 aromatic carbocycles. The van der Waals surface area contributed by atoms with E-state index < -0.39 is 12.2 Å². The summed E-state index contributed by atoms with van der Waals surface area (Å²) in [6, 6.07) is 0.700. The van der Waals surface area contributed by atoms with Crippen LogP contribution in [0.15, 0.2) is 11.1 Å². The van der Waals surface area contributed by atoms with Gasteiger partial charge in [0, 0.05) is 6.04 Å². The highest BCUT2D eigenvalue weighted by Gasteiger charge is 2.33. The van der Waals surface area contributed by atoms with Crippen molar-refractivity contribution in [2.75, 3.05) is 13.1 Å². The third kappa shape index (κ3) is 2.49. The maximum atomic E-state index is 9.82. The van der Waals surface area contributed by atoms with E-state index in [0.717, 1.165) is 12.8 Å². The van der Waals surface area contributed by atoms with Crippen molar-refractivity contribution in [2.45, 2.75) is 69.6 Å². The van der Waals surface area contributed by atoms with Crippen molar-refractivity contribution in [3.63, 3.8) is 0 Å². The third-order valence-corrected chi connectivity index (χ3v) is 5.02. The fourth-order valence-corrected chi connectivity index (χ4v) is 3.89. The number of aliphatic hydroxyl groups excluding tert-OH is 2. The second-order valence-corrected chi connectivity index (χ2v) is 6.24. The van der Waals surface area contributed by atoms with Gasteiger partial charge in [0.15, 0.2) is 0 Å². The molecule has 3 nitrogen and oxygen atoms in total. The van der Waals surface area contributed by atoms with Gasteiger partial charge in [-0.05, 0) is 58.0 Å². The van der Waals surface area contributed by atoms with E-state index in [1.807, 2.05) is 0 Å². The Bertz CT molecular complexity index is 333. The Kier molecular flexibility index (Phi) is 3.73. The minimum absolute atomic E-state index is 0.518. The second-order valence-electron chi connectivity index (χ2n) is 6.24. The fourth-order valence-electron chi connectivity index (χ4n) is 3.89. The Hall–Kier alpha value is -0.380. The molecule has 1 saturated heterocycles. The number of piperidine rings is 1. The highest BCUT2D eigenvalue weighted by molar-refractivity contribution is 5.24. The number of hydrogen-bond donors (Lipinski definition) is 2. The van der Waals surface area contributed by atoms with E-state index in [9.17, 15) is 10.2 Å². The lowest BCUT2D eigenvalue weighted by Crippen LogP contribution is -2.42. The molecule has 2 N–H and O–H groups in total. The van der Waals surface area contributed by atoms with Gasteiger partial charge in [-0.3, -0.25) is 0 Å². The van der Waals surface area contributed by atoms with Crippen LogP contribution in [0.5, 0.6) is 0 Å². The number of rotatable bonds is 1. The predicted molar refractivity (Wildman–Crippen MR) is 71.3 cm³/mol. The molecule has 3 atom stereocenters. The van der Waals surface area contributed by atoms with E-state index in [1.54, 1.807) is 0 Å². The van der Waals surface area contributed by atoms with Gasteiger partial charge in [0.2, 0.25) is 0 Å². The number of hydrogen-bond acceptors (Lipinski definition) is 3. The van der Waals surface area contributed by atoms with E-state index in [0.29, 0.717) is 18.9 Å². The average Bonchev–Trinajstić information content (AvgIpc) is 2.41. The predicted octanol–water partition coefficient (Wildman–Crippen LogP) is 1.84. The van der Waals surface area contributed by atoms with Gasteiger partial charge < -0.3 is 15.1 Å². The number of likely N-dealkylation sites (tertiary alicyclic amines) is 1. The monoisotopic (exact) mass is 251 g/mol. The molecule has 1 fully saturated rings. The summed E-state index contributed by atoms with van der Waals surface area (Å²) in [5.74, 6) is 0. The Morgan fingerprint density at radius 3 is 2.22 bits per heavy atom. The lowest BCUT2D eigenvalue weighted by molar-refractivity contribution is 0.00975. The zero-order chi connectivity index (χ0) is 12.5. The Morgan fingerprint density at radius 2 is 1.50 bits per heavy atom. The van der Waals surface area contributed by atoms with Crippen LogP contribution >= 0.6 is 0 Å². The lowest BCUT2D eigenvalue weighted by atomic mass is 9.77. The van der Waals surface area contributed by atoms with E-state index in [1.165, 1.54) is 49.9 Å². The standard InChI is InChI=1S/C15H25NO2/c17-14-9-11-4-5-13(8-12(11)10-15(14)18)16-6-2-1-3-7-16/h13-15,17-18H,1-10H2/t13-,14+,15+/m0/s1. The van der Waals surface area contributed by atoms with Gasteiger partial charge in [-0.25, -0.2) is 0 Å². The lowest BCUT2D eigenvalue weighted by Gasteiger charge is -2.41. The highest BCUT2D eigenvalue weighted by atomic mass is 16.3. The van der Waals surface area contributed by atoms with Crippen molar-refractivity contribution in [1.29, 1.82) is 0 Å². The highest BCUT2D eigenvalue weighted by Crippen LogP contribution is 2.38. The maximum Gasteiger partial charge on any atom is 0.0839 e. The van der Waals surface area contributed by atoms with Gasteiger partial charge in [0.1, 0.15) is 0 Å². The Balaban J connectivity index is 1.66. The quantitative estimate of drug-likeness (QED) is 0.699. The van der Waals surface area contributed by atoms with Crippen molar-refractivity contribution >= 4 is 0 Å². The van der Waals surface area contributed by atoms with Gasteiger partial charge in [-0.1, -0.05) is 17.6 Å². The van der Waals surface area contributed by atoms with Crippen molar-refractivity contribution in [3.8, 4) is 0 Å². The second kappa shape index (κ2) is 5.32. The van der Waals surface area contributed by atoms with Crippen molar-refractivity contribution in [3.05, 3.63) is 11.1 Å². The van der Waals surface area contributed by atoms with Crippen molar-refractivity contribution < 1.29 is 10.2 Å². The molecule has 0 radical (unpaired) electrons. The molecule has 0 saturated carbocycles. The molecular formula is C15H25NO2. The zero-order valence-electron chi connectivity index (χ0n) is 11.1. The van der Waals surface area contributed by atoms with E-state index in [-0.39, 0.29) is 0 Å². The van der Waals surface area contributed by atoms with E-state index in [4.69, 9.17) is 0 Å². The zero-order valence-corrected chi connectivity index (χ0v) is 11.1. The minimum Gasteiger partial charge on any atom is -0.390 e. The number of aliphatic hydroxyl groups is 2. The molecular weight excluding hydrogens is 226 g/mol. The van der Waals surface area contributed by atoms with Crippen LogP contribution < -0.4 is 0 Å². The van der Waals surface area contributed by atoms with Crippen LogP contribution in [0.4, 0.5) is 0 Å². The molecule has 0 spiro atoms. The summed E-state index contributed by atoms with van der Waals surface area (Å²) >= 11 is 0. The summed E-state index contributed by atoms with van der Waals surface area (Å²) in [7, 11) is 0. The summed E-state index contributed by atoms with van der Waals surface area (Å²) in [4.78, 5) is 2.66. The van der Waals surface area contributed by atoms with Crippen molar-refractivity contribution in [1.82, 2.24) is 4.90 Å². The first-order chi connectivity index (χ1) is 8.74. The summed E-state index contributed by atoms with van der Waals surface area (Å²) in [6.07, 6.45) is 8.00. The molecule has 18 heavy (non-hydrogen) atoms. The normalized spacial score (nSPS) is 38.7. The summed E-state index contributed by atoms with van der Waals surface area (Å²) < 4.78 is 0. The SMILES string of the molecule is O[C@@H]1CC2=C(C[C@@H](N3CCCCC3)CC2)C[C@H]1O. The molecule has 102 valence electrons. The molecule has 3 aliphatic rings. The van der Waals surface area contributed by atoms with Gasteiger partial charge in [0.25, 0.3) is 0 Å². The molecule has 2 aliphatic carbocycles. The van der Waals surface area contributed by atoms with Crippen LogP contribution in [-0.4, -0.2) is 46.5 Å². The first kappa shape index (κ1) is 12.6. The van der Waals surface area contributed by atoms with Crippen LogP contribution in [0.1, 0.15) is 51.4 Å². The Labute approximate surface area is 109 Å². The molecule has 0 bridgehead atoms. The fraction of sp³-hybridized carbons (Fsp3) is 0.867. The first-order valence-electron chi connectivity index (χ1n) is 7.54. The molecule has 3 heteroatoms. The molecule has 0 aromatic heterocycles. The summed E-state index contributed by atoms with van der Waals surface area (Å²) in [5, 5.41) is 19.6. The van der Waals surface area contributed by atoms with Crippen LogP contribution in [0.3, 0.4) is 0 Å². The topological polar surface area (TPSA) is 43.7 Å². The molecule has 0 aromatic rings. The molecule has 3 rings (SSSR count). The first-order valence-corrected chi connectivity index (χ1v) is 7.54. The maximum absolute atomic E-state index is 9.82. The molecule has 1 heterocycles. The Morgan fingerprint density at radius 1 is 0.833 bits per heavy atom. The third-order valence-electron chi connectivity index (χ3n) is 5.02. The average molecular weight is 251 g/mol. The van der Waals surface area contributed by atoms with Gasteiger partial charge in [-0.2, -0.15) is 0 Å². The summed E-state index contributed by atoms with van der Waals surface area (Å²) in [5.41, 5.74) is 2.90. The smallest absolute Gasteiger partial charge is 0.0839 e.